The van der Waals surface area contributed by atoms with E-state index in [0.29, 0.717) is 29.2 Å². The number of nitrogens with zero attached hydrogens (tertiary/aromatic N) is 6. The largest absolute Gasteiger partial charge is 0.348 e. The summed E-state index contributed by atoms with van der Waals surface area (Å²) in [5.74, 6) is -1.07. The van der Waals surface area contributed by atoms with Gasteiger partial charge in [0, 0.05) is 88.6 Å². The monoisotopic (exact) mass is 662 g/mol. The molecule has 0 saturated carbocycles. The number of fused-ring (bicyclic) bond motifs is 1. The molecule has 0 radical (unpaired) electrons. The number of carbonyl (C=O) groups excluding carboxylic acids is 4. The number of aromatic nitrogens is 4. The van der Waals surface area contributed by atoms with Gasteiger partial charge in [-0.25, -0.2) is 4.98 Å². The average Bonchev–Trinajstić information content (AvgIpc) is 3.66. The van der Waals surface area contributed by atoms with Crippen molar-refractivity contribution in [1.82, 2.24) is 34.2 Å². The third-order valence-electron chi connectivity index (χ3n) is 8.39. The Morgan fingerprint density at radius 3 is 2.18 bits per heavy atom. The number of hydrogen-bond acceptors (Lipinski definition) is 8. The SMILES string of the molecule is CN1CCN(CCNC(=O)c2nc(NC(=O)c3ccc(NC(=O)c4cc(NC(=O)c5cc6ccccc6cn5)cn4C)cc3)cn2C)CC1. The summed E-state index contributed by atoms with van der Waals surface area (Å²) in [7, 11) is 5.50. The van der Waals surface area contributed by atoms with Crippen LogP contribution in [0.25, 0.3) is 10.8 Å². The molecule has 0 unspecified atom stereocenters. The highest BCUT2D eigenvalue weighted by atomic mass is 16.2. The Balaban J connectivity index is 1.00. The third kappa shape index (κ3) is 8.00. The zero-order valence-corrected chi connectivity index (χ0v) is 27.6. The molecule has 1 aliphatic rings. The number of aryl methyl sites for hydroxylation is 2. The van der Waals surface area contributed by atoms with E-state index in [1.165, 1.54) is 0 Å². The van der Waals surface area contributed by atoms with Crippen molar-refractivity contribution >= 4 is 51.6 Å². The minimum Gasteiger partial charge on any atom is -0.348 e. The minimum absolute atomic E-state index is 0.195. The van der Waals surface area contributed by atoms with Crippen LogP contribution >= 0.6 is 0 Å². The molecule has 252 valence electrons. The molecule has 1 aliphatic heterocycles. The van der Waals surface area contributed by atoms with Crippen molar-refractivity contribution in [3.05, 3.63) is 102 Å². The Hall–Kier alpha value is -5.86. The van der Waals surface area contributed by atoms with Crippen molar-refractivity contribution in [2.45, 2.75) is 0 Å². The molecule has 0 aliphatic carbocycles. The number of nitrogens with one attached hydrogen (secondary N) is 4. The van der Waals surface area contributed by atoms with Gasteiger partial charge in [0.1, 0.15) is 11.4 Å². The van der Waals surface area contributed by atoms with E-state index in [1.54, 1.807) is 78.2 Å². The molecular formula is C35H38N10O4. The maximum atomic E-state index is 13.1. The molecule has 1 fully saturated rings. The van der Waals surface area contributed by atoms with Crippen molar-refractivity contribution in [3.63, 3.8) is 0 Å². The van der Waals surface area contributed by atoms with Crippen molar-refractivity contribution in [3.8, 4) is 0 Å². The number of benzene rings is 2. The van der Waals surface area contributed by atoms with Crippen LogP contribution in [0.4, 0.5) is 17.2 Å². The van der Waals surface area contributed by atoms with E-state index >= 15 is 0 Å². The van der Waals surface area contributed by atoms with Crippen LogP contribution in [0.2, 0.25) is 0 Å². The molecular weight excluding hydrogens is 624 g/mol. The number of amides is 4. The quantitative estimate of drug-likeness (QED) is 0.178. The van der Waals surface area contributed by atoms with Gasteiger partial charge in [0.25, 0.3) is 23.6 Å². The number of imidazole rings is 1. The fourth-order valence-electron chi connectivity index (χ4n) is 5.57. The van der Waals surface area contributed by atoms with Gasteiger partial charge in [0.2, 0.25) is 5.82 Å². The molecule has 6 rings (SSSR count). The van der Waals surface area contributed by atoms with Crippen LogP contribution in [-0.4, -0.2) is 98.8 Å². The smallest absolute Gasteiger partial charge is 0.287 e. The summed E-state index contributed by atoms with van der Waals surface area (Å²) in [5, 5.41) is 13.1. The Morgan fingerprint density at radius 1 is 0.714 bits per heavy atom. The predicted octanol–water partition coefficient (Wildman–Crippen LogP) is 3.04. The zero-order valence-electron chi connectivity index (χ0n) is 27.6. The van der Waals surface area contributed by atoms with Crippen LogP contribution in [-0.2, 0) is 14.1 Å². The van der Waals surface area contributed by atoms with Crippen LogP contribution in [0.3, 0.4) is 0 Å². The van der Waals surface area contributed by atoms with Crippen LogP contribution in [0, 0.1) is 0 Å². The van der Waals surface area contributed by atoms with Crippen molar-refractivity contribution in [1.29, 1.82) is 0 Å². The summed E-state index contributed by atoms with van der Waals surface area (Å²) in [6.07, 6.45) is 4.87. The average molecular weight is 663 g/mol. The van der Waals surface area contributed by atoms with Crippen molar-refractivity contribution in [2.24, 2.45) is 14.1 Å². The summed E-state index contributed by atoms with van der Waals surface area (Å²) in [5.41, 5.74) is 1.84. The molecule has 5 aromatic rings. The van der Waals surface area contributed by atoms with Gasteiger partial charge in [-0.2, -0.15) is 0 Å². The van der Waals surface area contributed by atoms with Crippen molar-refractivity contribution in [2.75, 3.05) is 62.3 Å². The molecule has 4 amide bonds. The predicted molar refractivity (Wildman–Crippen MR) is 187 cm³/mol. The number of pyridine rings is 1. The van der Waals surface area contributed by atoms with Gasteiger partial charge in [-0.15, -0.1) is 0 Å². The first kappa shape index (κ1) is 33.1. The van der Waals surface area contributed by atoms with Crippen LogP contribution in [0.15, 0.2) is 79.3 Å². The molecule has 0 atom stereocenters. The Bertz CT molecular complexity index is 2010. The van der Waals surface area contributed by atoms with E-state index in [2.05, 4.69) is 48.1 Å². The molecule has 2 aromatic carbocycles. The van der Waals surface area contributed by atoms with Gasteiger partial charge in [0.15, 0.2) is 5.82 Å². The Morgan fingerprint density at radius 2 is 1.43 bits per heavy atom. The van der Waals surface area contributed by atoms with E-state index in [0.717, 1.165) is 43.5 Å². The standard InChI is InChI=1S/C35H38N10O4/c1-42-14-16-45(17-15-42)13-12-36-35(49)31-40-30(22-44(31)3)41-32(46)23-8-10-26(11-9-23)38-34(48)29-19-27(21-43(29)2)39-33(47)28-18-24-6-4-5-7-25(24)20-37-28/h4-11,18-22H,12-17H2,1-3H3,(H,36,49)(H,38,48)(H,39,47)(H,41,46). The topological polar surface area (TPSA) is 159 Å². The lowest BCUT2D eigenvalue weighted by Gasteiger charge is -2.32. The summed E-state index contributed by atoms with van der Waals surface area (Å²) in [6.45, 7) is 5.23. The number of hydrogen-bond donors (Lipinski definition) is 4. The molecule has 4 N–H and O–H groups in total. The molecule has 49 heavy (non-hydrogen) atoms. The molecule has 3 aromatic heterocycles. The van der Waals surface area contributed by atoms with E-state index in [1.807, 2.05) is 24.3 Å². The maximum absolute atomic E-state index is 13.1. The molecule has 1 saturated heterocycles. The van der Waals surface area contributed by atoms with Crippen LogP contribution in [0.5, 0.6) is 0 Å². The normalized spacial score (nSPS) is 13.6. The van der Waals surface area contributed by atoms with Crippen LogP contribution < -0.4 is 21.3 Å². The van der Waals surface area contributed by atoms with Gasteiger partial charge in [0.05, 0.1) is 5.69 Å². The first-order chi connectivity index (χ1) is 23.6. The molecule has 14 nitrogen and oxygen atoms in total. The van der Waals surface area contributed by atoms with Gasteiger partial charge in [-0.3, -0.25) is 29.1 Å². The number of carbonyl (C=O) groups is 4. The van der Waals surface area contributed by atoms with Gasteiger partial charge in [-0.1, -0.05) is 24.3 Å². The molecule has 0 bridgehead atoms. The molecule has 14 heteroatoms. The number of rotatable bonds is 10. The van der Waals surface area contributed by atoms with Crippen LogP contribution in [0.1, 0.15) is 42.0 Å². The summed E-state index contributed by atoms with van der Waals surface area (Å²) < 4.78 is 3.18. The second-order valence-electron chi connectivity index (χ2n) is 12.0. The highest BCUT2D eigenvalue weighted by molar-refractivity contribution is 6.08. The van der Waals surface area contributed by atoms with E-state index in [9.17, 15) is 19.2 Å². The molecule has 0 spiro atoms. The van der Waals surface area contributed by atoms with E-state index in [4.69, 9.17) is 0 Å². The van der Waals surface area contributed by atoms with E-state index in [-0.39, 0.29) is 29.2 Å². The second-order valence-corrected chi connectivity index (χ2v) is 12.0. The number of likely N-dealkylation sites (N-methyl/N-ethyl adjacent to an activating group) is 1. The van der Waals surface area contributed by atoms with Gasteiger partial charge < -0.3 is 35.3 Å². The van der Waals surface area contributed by atoms with Crippen molar-refractivity contribution < 1.29 is 19.2 Å². The number of anilines is 3. The number of piperazine rings is 1. The maximum Gasteiger partial charge on any atom is 0.287 e. The minimum atomic E-state index is -0.415. The zero-order chi connectivity index (χ0) is 34.5. The first-order valence-corrected chi connectivity index (χ1v) is 15.9. The second kappa shape index (κ2) is 14.5. The highest BCUT2D eigenvalue weighted by Gasteiger charge is 2.19. The molecule has 4 heterocycles. The highest BCUT2D eigenvalue weighted by Crippen LogP contribution is 2.19. The van der Waals surface area contributed by atoms with E-state index < -0.39 is 11.8 Å². The fraction of sp³-hybridized carbons (Fsp3) is 0.257. The summed E-state index contributed by atoms with van der Waals surface area (Å²) in [4.78, 5) is 64.7. The lowest BCUT2D eigenvalue weighted by atomic mass is 10.1. The van der Waals surface area contributed by atoms with Gasteiger partial charge in [-0.05, 0) is 48.8 Å². The first-order valence-electron chi connectivity index (χ1n) is 15.9. The van der Waals surface area contributed by atoms with Gasteiger partial charge >= 0.3 is 0 Å². The Labute approximate surface area is 283 Å². The Kier molecular flexibility index (Phi) is 9.78. The summed E-state index contributed by atoms with van der Waals surface area (Å²) >= 11 is 0. The summed E-state index contributed by atoms with van der Waals surface area (Å²) in [6, 6.07) is 17.3. The lowest BCUT2D eigenvalue weighted by molar-refractivity contribution is 0.0925. The lowest BCUT2D eigenvalue weighted by Crippen LogP contribution is -2.47. The third-order valence-corrected chi connectivity index (χ3v) is 8.39. The fourth-order valence-corrected chi connectivity index (χ4v) is 5.57.